The molecular formula is C13H11F3N2. The third kappa shape index (κ3) is 2.67. The van der Waals surface area contributed by atoms with E-state index in [-0.39, 0.29) is 0 Å². The van der Waals surface area contributed by atoms with E-state index in [0.717, 1.165) is 11.6 Å². The molecule has 2 heterocycles. The van der Waals surface area contributed by atoms with E-state index >= 15 is 0 Å². The Morgan fingerprint density at radius 3 is 2.39 bits per heavy atom. The highest BCUT2D eigenvalue weighted by atomic mass is 19.4. The largest absolute Gasteiger partial charge is 0.433 e. The van der Waals surface area contributed by atoms with Crippen LogP contribution in [0.1, 0.15) is 17.0 Å². The number of aromatic nitrogens is 2. The highest BCUT2D eigenvalue weighted by Crippen LogP contribution is 2.30. The molecule has 0 spiro atoms. The molecule has 0 atom stereocenters. The van der Waals surface area contributed by atoms with Crippen LogP contribution in [0.15, 0.2) is 30.5 Å². The molecule has 0 aliphatic rings. The van der Waals surface area contributed by atoms with Gasteiger partial charge >= 0.3 is 6.18 Å². The molecule has 2 rings (SSSR count). The van der Waals surface area contributed by atoms with Crippen LogP contribution >= 0.6 is 0 Å². The number of hydrogen-bond acceptors (Lipinski definition) is 2. The highest BCUT2D eigenvalue weighted by molar-refractivity contribution is 5.60. The monoisotopic (exact) mass is 252 g/mol. The second-order valence-electron chi connectivity index (χ2n) is 4.10. The zero-order valence-corrected chi connectivity index (χ0v) is 9.92. The molecule has 0 aromatic carbocycles. The number of rotatable bonds is 1. The molecule has 0 amide bonds. The Morgan fingerprint density at radius 2 is 1.78 bits per heavy atom. The molecule has 2 nitrogen and oxygen atoms in total. The van der Waals surface area contributed by atoms with Crippen molar-refractivity contribution in [2.45, 2.75) is 20.0 Å². The molecule has 18 heavy (non-hydrogen) atoms. The Morgan fingerprint density at radius 1 is 1.06 bits per heavy atom. The Bertz CT molecular complexity index is 577. The van der Waals surface area contributed by atoms with Gasteiger partial charge in [-0.1, -0.05) is 0 Å². The summed E-state index contributed by atoms with van der Waals surface area (Å²) in [6.07, 6.45) is -2.86. The lowest BCUT2D eigenvalue weighted by Gasteiger charge is -2.09. The normalized spacial score (nSPS) is 11.6. The van der Waals surface area contributed by atoms with Crippen LogP contribution in [-0.2, 0) is 6.18 Å². The fourth-order valence-corrected chi connectivity index (χ4v) is 1.66. The molecule has 2 aromatic rings. The second kappa shape index (κ2) is 4.40. The van der Waals surface area contributed by atoms with Crippen molar-refractivity contribution in [2.24, 2.45) is 0 Å². The van der Waals surface area contributed by atoms with E-state index in [2.05, 4.69) is 9.97 Å². The third-order valence-corrected chi connectivity index (χ3v) is 2.46. The van der Waals surface area contributed by atoms with Gasteiger partial charge in [0.15, 0.2) is 0 Å². The molecule has 0 saturated carbocycles. The smallest absolute Gasteiger partial charge is 0.256 e. The summed E-state index contributed by atoms with van der Waals surface area (Å²) < 4.78 is 38.0. The fraction of sp³-hybridized carbons (Fsp3) is 0.231. The third-order valence-electron chi connectivity index (χ3n) is 2.46. The predicted octanol–water partition coefficient (Wildman–Crippen LogP) is 3.78. The summed E-state index contributed by atoms with van der Waals surface area (Å²) in [4.78, 5) is 7.58. The number of hydrogen-bond donors (Lipinski definition) is 0. The maximum atomic E-state index is 12.7. The Labute approximate surface area is 103 Å². The Balaban J connectivity index is 2.55. The molecule has 5 heteroatoms. The van der Waals surface area contributed by atoms with Crippen LogP contribution in [0, 0.1) is 13.8 Å². The summed E-state index contributed by atoms with van der Waals surface area (Å²) in [6.45, 7) is 3.40. The summed E-state index contributed by atoms with van der Waals surface area (Å²) in [7, 11) is 0. The first-order valence-electron chi connectivity index (χ1n) is 5.35. The lowest BCUT2D eigenvalue weighted by Crippen LogP contribution is -2.09. The van der Waals surface area contributed by atoms with Crippen LogP contribution in [0.5, 0.6) is 0 Å². The van der Waals surface area contributed by atoms with Gasteiger partial charge < -0.3 is 0 Å². The predicted molar refractivity (Wildman–Crippen MR) is 61.9 cm³/mol. The minimum absolute atomic E-state index is 0.322. The van der Waals surface area contributed by atoms with E-state index in [9.17, 15) is 13.2 Å². The molecule has 0 aliphatic carbocycles. The minimum atomic E-state index is -4.44. The SMILES string of the molecule is Cc1ccnc(-c2cc(C)nc(C(F)(F)F)c2)c1. The zero-order valence-electron chi connectivity index (χ0n) is 9.92. The molecule has 0 radical (unpaired) electrons. The number of pyridine rings is 2. The average Bonchev–Trinajstić information content (AvgIpc) is 2.27. The first kappa shape index (κ1) is 12.5. The van der Waals surface area contributed by atoms with E-state index < -0.39 is 11.9 Å². The van der Waals surface area contributed by atoms with Crippen LogP contribution < -0.4 is 0 Å². The maximum absolute atomic E-state index is 12.7. The molecule has 0 saturated heterocycles. The van der Waals surface area contributed by atoms with Gasteiger partial charge in [0.1, 0.15) is 5.69 Å². The van der Waals surface area contributed by atoms with Gasteiger partial charge in [-0.3, -0.25) is 4.98 Å². The van der Waals surface area contributed by atoms with Gasteiger partial charge in [-0.2, -0.15) is 13.2 Å². The highest BCUT2D eigenvalue weighted by Gasteiger charge is 2.33. The van der Waals surface area contributed by atoms with Gasteiger partial charge in [0.25, 0.3) is 0 Å². The standard InChI is InChI=1S/C13H11F3N2/c1-8-3-4-17-11(5-8)10-6-9(2)18-12(7-10)13(14,15)16/h3-7H,1-2H3. The summed E-state index contributed by atoms with van der Waals surface area (Å²) in [5.74, 6) is 0. The van der Waals surface area contributed by atoms with Gasteiger partial charge in [-0.25, -0.2) is 4.98 Å². The van der Waals surface area contributed by atoms with Crippen molar-refractivity contribution in [1.82, 2.24) is 9.97 Å². The summed E-state index contributed by atoms with van der Waals surface area (Å²) in [6, 6.07) is 6.16. The zero-order chi connectivity index (χ0) is 13.3. The van der Waals surface area contributed by atoms with Crippen LogP contribution in [-0.4, -0.2) is 9.97 Å². The molecule has 0 aliphatic heterocycles. The molecule has 0 bridgehead atoms. The lowest BCUT2D eigenvalue weighted by atomic mass is 10.1. The number of nitrogens with zero attached hydrogens (tertiary/aromatic N) is 2. The number of halogens is 3. The van der Waals surface area contributed by atoms with Crippen molar-refractivity contribution in [1.29, 1.82) is 0 Å². The fourth-order valence-electron chi connectivity index (χ4n) is 1.66. The molecular weight excluding hydrogens is 241 g/mol. The van der Waals surface area contributed by atoms with Crippen molar-refractivity contribution in [2.75, 3.05) is 0 Å². The van der Waals surface area contributed by atoms with E-state index in [4.69, 9.17) is 0 Å². The first-order chi connectivity index (χ1) is 8.36. The molecule has 0 N–H and O–H groups in total. The molecule has 2 aromatic heterocycles. The minimum Gasteiger partial charge on any atom is -0.256 e. The van der Waals surface area contributed by atoms with Crippen LogP contribution in [0.25, 0.3) is 11.3 Å². The van der Waals surface area contributed by atoms with E-state index in [1.165, 1.54) is 6.92 Å². The molecule has 0 unspecified atom stereocenters. The van der Waals surface area contributed by atoms with Crippen LogP contribution in [0.3, 0.4) is 0 Å². The van der Waals surface area contributed by atoms with Crippen LogP contribution in [0.4, 0.5) is 13.2 Å². The number of alkyl halides is 3. The Kier molecular flexibility index (Phi) is 3.07. The number of aryl methyl sites for hydroxylation is 2. The molecule has 0 fully saturated rings. The van der Waals surface area contributed by atoms with Gasteiger partial charge in [0.2, 0.25) is 0 Å². The van der Waals surface area contributed by atoms with Crippen molar-refractivity contribution >= 4 is 0 Å². The summed E-state index contributed by atoms with van der Waals surface area (Å²) >= 11 is 0. The van der Waals surface area contributed by atoms with E-state index in [1.807, 2.05) is 6.92 Å². The summed E-state index contributed by atoms with van der Waals surface area (Å²) in [5, 5.41) is 0. The Hall–Kier alpha value is -1.91. The van der Waals surface area contributed by atoms with Gasteiger partial charge in [0, 0.05) is 17.5 Å². The van der Waals surface area contributed by atoms with Gasteiger partial charge in [-0.05, 0) is 43.7 Å². The summed E-state index contributed by atoms with van der Waals surface area (Å²) in [5.41, 5.74) is 1.33. The maximum Gasteiger partial charge on any atom is 0.433 e. The molecule has 94 valence electrons. The van der Waals surface area contributed by atoms with Crippen molar-refractivity contribution in [3.63, 3.8) is 0 Å². The van der Waals surface area contributed by atoms with Gasteiger partial charge in [0.05, 0.1) is 5.69 Å². The van der Waals surface area contributed by atoms with Crippen molar-refractivity contribution < 1.29 is 13.2 Å². The second-order valence-corrected chi connectivity index (χ2v) is 4.10. The van der Waals surface area contributed by atoms with E-state index in [0.29, 0.717) is 17.0 Å². The van der Waals surface area contributed by atoms with Gasteiger partial charge in [-0.15, -0.1) is 0 Å². The topological polar surface area (TPSA) is 25.8 Å². The van der Waals surface area contributed by atoms with Crippen molar-refractivity contribution in [3.05, 3.63) is 47.4 Å². The average molecular weight is 252 g/mol. The first-order valence-corrected chi connectivity index (χ1v) is 5.35. The van der Waals surface area contributed by atoms with Crippen LogP contribution in [0.2, 0.25) is 0 Å². The van der Waals surface area contributed by atoms with Crippen molar-refractivity contribution in [3.8, 4) is 11.3 Å². The van der Waals surface area contributed by atoms with E-state index in [1.54, 1.807) is 24.4 Å². The lowest BCUT2D eigenvalue weighted by molar-refractivity contribution is -0.141. The quantitative estimate of drug-likeness (QED) is 0.771.